The Bertz CT molecular complexity index is 608. The van der Waals surface area contributed by atoms with Gasteiger partial charge in [-0.3, -0.25) is 9.78 Å². The zero-order valence-electron chi connectivity index (χ0n) is 13.1. The normalized spacial score (nSPS) is 20.8. The first-order valence-corrected chi connectivity index (χ1v) is 8.02. The number of nitrogens with one attached hydrogen (secondary N) is 1. The van der Waals surface area contributed by atoms with E-state index in [0.717, 1.165) is 25.1 Å². The van der Waals surface area contributed by atoms with E-state index in [2.05, 4.69) is 10.3 Å². The van der Waals surface area contributed by atoms with E-state index in [1.54, 1.807) is 4.90 Å². The molecule has 132 valence electrons. The second-order valence-corrected chi connectivity index (χ2v) is 6.53. The molecule has 0 unspecified atom stereocenters. The fourth-order valence-corrected chi connectivity index (χ4v) is 2.85. The molecule has 1 aliphatic carbocycles. The molecular weight excluding hydrogens is 326 g/mol. The number of hydrogen-bond donors (Lipinski definition) is 1. The van der Waals surface area contributed by atoms with Crippen molar-refractivity contribution in [2.45, 2.75) is 37.5 Å². The second kappa shape index (κ2) is 6.22. The van der Waals surface area contributed by atoms with Crippen LogP contribution in [0.1, 0.15) is 31.4 Å². The Kier molecular flexibility index (Phi) is 4.40. The van der Waals surface area contributed by atoms with E-state index in [-0.39, 0.29) is 31.2 Å². The maximum Gasteiger partial charge on any atom is 0.433 e. The van der Waals surface area contributed by atoms with Gasteiger partial charge in [-0.25, -0.2) is 4.39 Å². The monoisotopic (exact) mass is 345 g/mol. The Hall–Kier alpha value is -1.86. The Morgan fingerprint density at radius 3 is 2.58 bits per heavy atom. The highest BCUT2D eigenvalue weighted by molar-refractivity contribution is 5.80. The van der Waals surface area contributed by atoms with Gasteiger partial charge in [0.1, 0.15) is 11.4 Å². The molecule has 0 atom stereocenters. The summed E-state index contributed by atoms with van der Waals surface area (Å²) < 4.78 is 52.9. The number of carbonyl (C=O) groups is 1. The van der Waals surface area contributed by atoms with Gasteiger partial charge in [0.2, 0.25) is 5.91 Å². The topological polar surface area (TPSA) is 45.2 Å². The van der Waals surface area contributed by atoms with Crippen LogP contribution in [0, 0.1) is 5.92 Å². The molecule has 1 aliphatic heterocycles. The van der Waals surface area contributed by atoms with Crippen molar-refractivity contribution in [3.63, 3.8) is 0 Å². The van der Waals surface area contributed by atoms with E-state index < -0.39 is 17.5 Å². The van der Waals surface area contributed by atoms with E-state index in [1.165, 1.54) is 6.07 Å². The van der Waals surface area contributed by atoms with Crippen molar-refractivity contribution in [1.82, 2.24) is 10.3 Å². The number of nitrogens with zero attached hydrogens (tertiary/aromatic N) is 2. The van der Waals surface area contributed by atoms with E-state index in [4.69, 9.17) is 0 Å². The van der Waals surface area contributed by atoms with Gasteiger partial charge in [-0.1, -0.05) is 0 Å². The molecule has 4 nitrogen and oxygen atoms in total. The Morgan fingerprint density at radius 1 is 1.33 bits per heavy atom. The van der Waals surface area contributed by atoms with Gasteiger partial charge >= 0.3 is 6.18 Å². The molecule has 8 heteroatoms. The number of rotatable bonds is 4. The van der Waals surface area contributed by atoms with Crippen LogP contribution in [0.2, 0.25) is 0 Å². The number of anilines is 1. The summed E-state index contributed by atoms with van der Waals surface area (Å²) >= 11 is 0. The first kappa shape index (κ1) is 17.0. The summed E-state index contributed by atoms with van der Waals surface area (Å²) in [7, 11) is 0. The minimum atomic E-state index is -4.50. The lowest BCUT2D eigenvalue weighted by Crippen LogP contribution is -2.48. The fraction of sp³-hybridized carbons (Fsp3) is 0.625. The quantitative estimate of drug-likeness (QED) is 0.854. The number of amides is 1. The lowest BCUT2D eigenvalue weighted by Gasteiger charge is -2.37. The third-order valence-electron chi connectivity index (χ3n) is 4.59. The van der Waals surface area contributed by atoms with E-state index in [0.29, 0.717) is 18.8 Å². The largest absolute Gasteiger partial charge is 0.433 e. The molecule has 24 heavy (non-hydrogen) atoms. The average Bonchev–Trinajstić information content (AvgIpc) is 3.38. The number of halogens is 4. The molecule has 2 aliphatic rings. The predicted molar refractivity (Wildman–Crippen MR) is 80.3 cm³/mol. The van der Waals surface area contributed by atoms with Crippen LogP contribution in [0.25, 0.3) is 0 Å². The molecule has 0 spiro atoms. The van der Waals surface area contributed by atoms with Gasteiger partial charge in [0, 0.05) is 43.7 Å². The first-order chi connectivity index (χ1) is 11.3. The van der Waals surface area contributed by atoms with Gasteiger partial charge < -0.3 is 10.2 Å². The first-order valence-electron chi connectivity index (χ1n) is 8.02. The lowest BCUT2D eigenvalue weighted by molar-refractivity contribution is -0.141. The van der Waals surface area contributed by atoms with Crippen LogP contribution in [0.3, 0.4) is 0 Å². The van der Waals surface area contributed by atoms with Crippen molar-refractivity contribution >= 4 is 11.6 Å². The minimum absolute atomic E-state index is 0.0275. The molecule has 1 saturated carbocycles. The van der Waals surface area contributed by atoms with Gasteiger partial charge in [-0.05, 0) is 25.0 Å². The molecule has 0 bridgehead atoms. The van der Waals surface area contributed by atoms with Crippen molar-refractivity contribution < 1.29 is 22.4 Å². The van der Waals surface area contributed by atoms with Crippen molar-refractivity contribution in [2.75, 3.05) is 24.5 Å². The summed E-state index contributed by atoms with van der Waals surface area (Å²) in [6, 6.07) is 2.48. The molecule has 1 amide bonds. The number of carbonyl (C=O) groups excluding carboxylic acids is 1. The highest BCUT2D eigenvalue weighted by Gasteiger charge is 2.38. The summed E-state index contributed by atoms with van der Waals surface area (Å²) in [5, 5.41) is 2.65. The van der Waals surface area contributed by atoms with Crippen LogP contribution in [0.5, 0.6) is 0 Å². The van der Waals surface area contributed by atoms with Gasteiger partial charge in [0.15, 0.2) is 0 Å². The van der Waals surface area contributed by atoms with Gasteiger partial charge in [-0.2, -0.15) is 13.2 Å². The number of hydrogen-bond acceptors (Lipinski definition) is 3. The molecule has 0 radical (unpaired) electrons. The highest BCUT2D eigenvalue weighted by Crippen LogP contribution is 2.33. The van der Waals surface area contributed by atoms with Crippen molar-refractivity contribution in [2.24, 2.45) is 5.92 Å². The summed E-state index contributed by atoms with van der Waals surface area (Å²) in [5.41, 5.74) is -2.06. The van der Waals surface area contributed by atoms with Crippen LogP contribution in [-0.4, -0.2) is 36.2 Å². The molecule has 2 fully saturated rings. The van der Waals surface area contributed by atoms with Crippen LogP contribution >= 0.6 is 0 Å². The van der Waals surface area contributed by atoms with E-state index in [9.17, 15) is 22.4 Å². The van der Waals surface area contributed by atoms with Crippen molar-refractivity contribution in [3.8, 4) is 0 Å². The van der Waals surface area contributed by atoms with E-state index >= 15 is 0 Å². The minimum Gasteiger partial charge on any atom is -0.371 e. The molecule has 3 rings (SSSR count). The zero-order valence-corrected chi connectivity index (χ0v) is 13.1. The molecule has 2 heterocycles. The molecule has 1 aromatic rings. The third kappa shape index (κ3) is 3.96. The van der Waals surface area contributed by atoms with Crippen LogP contribution < -0.4 is 10.2 Å². The SMILES string of the molecule is O=C(NCC1(F)CCN(c2ccnc(C(F)(F)F)c2)CC1)C1CC1. The maximum absolute atomic E-state index is 14.7. The van der Waals surface area contributed by atoms with Crippen molar-refractivity contribution in [1.29, 1.82) is 0 Å². The standard InChI is InChI=1S/C16H19F4N3O/c17-15(10-22-14(24)11-1-2-11)4-7-23(8-5-15)12-3-6-21-13(9-12)16(18,19)20/h3,6,9,11H,1-2,4-5,7-8,10H2,(H,22,24). The summed E-state index contributed by atoms with van der Waals surface area (Å²) in [6.07, 6.45) is -1.32. The van der Waals surface area contributed by atoms with Gasteiger partial charge in [-0.15, -0.1) is 0 Å². The zero-order chi connectivity index (χ0) is 17.4. The molecule has 0 aromatic carbocycles. The Balaban J connectivity index is 1.57. The fourth-order valence-electron chi connectivity index (χ4n) is 2.85. The molecule has 1 aromatic heterocycles. The van der Waals surface area contributed by atoms with Gasteiger partial charge in [0.05, 0.1) is 6.54 Å². The maximum atomic E-state index is 14.7. The summed E-state index contributed by atoms with van der Waals surface area (Å²) in [5.74, 6) is -0.0651. The van der Waals surface area contributed by atoms with Crippen molar-refractivity contribution in [3.05, 3.63) is 24.0 Å². The number of piperidine rings is 1. The average molecular weight is 345 g/mol. The van der Waals surface area contributed by atoms with Crippen LogP contribution in [-0.2, 0) is 11.0 Å². The molecule has 1 saturated heterocycles. The second-order valence-electron chi connectivity index (χ2n) is 6.53. The van der Waals surface area contributed by atoms with Crippen LogP contribution in [0.4, 0.5) is 23.2 Å². The number of alkyl halides is 4. The molecule has 1 N–H and O–H groups in total. The predicted octanol–water partition coefficient (Wildman–Crippen LogP) is 2.94. The van der Waals surface area contributed by atoms with Crippen LogP contribution in [0.15, 0.2) is 18.3 Å². The smallest absolute Gasteiger partial charge is 0.371 e. The molecular formula is C16H19F4N3O. The Morgan fingerprint density at radius 2 is 2.00 bits per heavy atom. The number of pyridine rings is 1. The summed E-state index contributed by atoms with van der Waals surface area (Å²) in [4.78, 5) is 16.7. The summed E-state index contributed by atoms with van der Waals surface area (Å²) in [6.45, 7) is 0.578. The van der Waals surface area contributed by atoms with Gasteiger partial charge in [0.25, 0.3) is 0 Å². The highest BCUT2D eigenvalue weighted by atomic mass is 19.4. The lowest BCUT2D eigenvalue weighted by atomic mass is 9.93. The third-order valence-corrected chi connectivity index (χ3v) is 4.59. The van der Waals surface area contributed by atoms with E-state index in [1.807, 2.05) is 0 Å². The number of aromatic nitrogens is 1. The Labute approximate surface area is 137 Å².